The molecule has 0 fully saturated rings. The second kappa shape index (κ2) is 11.1. The topological polar surface area (TPSA) is 142 Å². The van der Waals surface area contributed by atoms with E-state index in [9.17, 15) is 19.2 Å². The highest BCUT2D eigenvalue weighted by atomic mass is 32.1. The number of hydrogen-bond donors (Lipinski definition) is 4. The number of methoxy groups -OCH3 is 1. The van der Waals surface area contributed by atoms with E-state index in [1.54, 1.807) is 36.7 Å². The van der Waals surface area contributed by atoms with E-state index in [0.717, 1.165) is 27.8 Å². The van der Waals surface area contributed by atoms with Gasteiger partial charge in [-0.3, -0.25) is 19.5 Å². The number of amides is 3. The smallest absolute Gasteiger partial charge is 0.330 e. The first-order chi connectivity index (χ1) is 17.4. The van der Waals surface area contributed by atoms with E-state index in [4.69, 9.17) is 4.74 Å². The number of carbonyl (C=O) groups is 4. The molecule has 0 saturated carbocycles. The van der Waals surface area contributed by atoms with Gasteiger partial charge in [0.15, 0.2) is 0 Å². The Bertz CT molecular complexity index is 1410. The lowest BCUT2D eigenvalue weighted by atomic mass is 10.1. The van der Waals surface area contributed by atoms with Crippen LogP contribution in [0, 0.1) is 6.92 Å². The third-order valence-electron chi connectivity index (χ3n) is 5.37. The van der Waals surface area contributed by atoms with Crippen LogP contribution >= 0.6 is 22.7 Å². The second-order valence-corrected chi connectivity index (χ2v) is 9.79. The predicted octanol–water partition coefficient (Wildman–Crippen LogP) is 2.63. The van der Waals surface area contributed by atoms with Crippen LogP contribution in [0.2, 0.25) is 0 Å². The zero-order valence-electron chi connectivity index (χ0n) is 19.4. The molecule has 0 spiro atoms. The number of aryl methyl sites for hydroxylation is 1. The summed E-state index contributed by atoms with van der Waals surface area (Å²) >= 11 is 2.28. The summed E-state index contributed by atoms with van der Waals surface area (Å²) < 4.78 is 4.77. The standard InChI is InChI=1S/C24H23N5O5S2/c1-13-9-19(22(31)25-10-14-5-3-6-16-15(14)11-27-29-16)36-20(13)23(32)28-17(24(33)34-2)12-26-21(30)18-7-4-8-35-18/h3-9,11,17H,10,12H2,1-2H3,(H,25,31)(H,26,30)(H,27,29)(H,28,32). The van der Waals surface area contributed by atoms with Crippen molar-refractivity contribution >= 4 is 57.3 Å². The molecular formula is C24H23N5O5S2. The molecule has 4 N–H and O–H groups in total. The van der Waals surface area contributed by atoms with Crippen molar-refractivity contribution in [1.29, 1.82) is 0 Å². The highest BCUT2D eigenvalue weighted by Crippen LogP contribution is 2.23. The number of hydrogen-bond acceptors (Lipinski definition) is 8. The van der Waals surface area contributed by atoms with Gasteiger partial charge in [-0.2, -0.15) is 5.10 Å². The minimum Gasteiger partial charge on any atom is -0.467 e. The quantitative estimate of drug-likeness (QED) is 0.248. The maximum Gasteiger partial charge on any atom is 0.330 e. The highest BCUT2D eigenvalue weighted by Gasteiger charge is 2.26. The van der Waals surface area contributed by atoms with E-state index in [0.29, 0.717) is 21.9 Å². The van der Waals surface area contributed by atoms with E-state index >= 15 is 0 Å². The zero-order valence-corrected chi connectivity index (χ0v) is 21.0. The van der Waals surface area contributed by atoms with Crippen LogP contribution in [-0.4, -0.2) is 53.6 Å². The van der Waals surface area contributed by atoms with Crippen LogP contribution in [0.1, 0.15) is 40.1 Å². The molecule has 4 aromatic rings. The Hall–Kier alpha value is -4.03. The van der Waals surface area contributed by atoms with Crippen molar-refractivity contribution in [1.82, 2.24) is 26.1 Å². The molecule has 1 unspecified atom stereocenters. The summed E-state index contributed by atoms with van der Waals surface area (Å²) in [5, 5.41) is 17.7. The fourth-order valence-corrected chi connectivity index (χ4v) is 5.15. The fourth-order valence-electron chi connectivity index (χ4n) is 3.51. The summed E-state index contributed by atoms with van der Waals surface area (Å²) in [6.45, 7) is 1.86. The van der Waals surface area contributed by atoms with Crippen molar-refractivity contribution in [3.63, 3.8) is 0 Å². The number of esters is 1. The van der Waals surface area contributed by atoms with Crippen molar-refractivity contribution in [3.05, 3.63) is 73.7 Å². The normalized spacial score (nSPS) is 11.6. The average Bonchev–Trinajstić information content (AvgIpc) is 3.65. The number of nitrogens with zero attached hydrogens (tertiary/aromatic N) is 1. The van der Waals surface area contributed by atoms with Crippen LogP contribution in [0.25, 0.3) is 10.9 Å². The maximum absolute atomic E-state index is 12.9. The van der Waals surface area contributed by atoms with Crippen molar-refractivity contribution < 1.29 is 23.9 Å². The zero-order chi connectivity index (χ0) is 25.7. The molecule has 10 nitrogen and oxygen atoms in total. The minimum absolute atomic E-state index is 0.146. The number of benzene rings is 1. The lowest BCUT2D eigenvalue weighted by Crippen LogP contribution is -2.48. The Morgan fingerprint density at radius 1 is 1.06 bits per heavy atom. The molecular weight excluding hydrogens is 502 g/mol. The van der Waals surface area contributed by atoms with E-state index in [2.05, 4.69) is 26.1 Å². The molecule has 186 valence electrons. The van der Waals surface area contributed by atoms with Crippen LogP contribution < -0.4 is 16.0 Å². The van der Waals surface area contributed by atoms with Crippen molar-refractivity contribution in [3.8, 4) is 0 Å². The summed E-state index contributed by atoms with van der Waals surface area (Å²) in [5.74, 6) is -1.92. The van der Waals surface area contributed by atoms with Gasteiger partial charge in [0.2, 0.25) is 0 Å². The maximum atomic E-state index is 12.9. The second-order valence-electron chi connectivity index (χ2n) is 7.79. The van der Waals surface area contributed by atoms with E-state index < -0.39 is 17.9 Å². The molecule has 0 aliphatic heterocycles. The number of H-pyrrole nitrogens is 1. The van der Waals surface area contributed by atoms with Gasteiger partial charge < -0.3 is 20.7 Å². The summed E-state index contributed by atoms with van der Waals surface area (Å²) in [6, 6.07) is 9.60. The molecule has 0 aliphatic carbocycles. The number of aromatic nitrogens is 2. The van der Waals surface area contributed by atoms with Gasteiger partial charge in [-0.05, 0) is 41.6 Å². The van der Waals surface area contributed by atoms with Crippen LogP contribution in [-0.2, 0) is 16.1 Å². The Morgan fingerprint density at radius 3 is 2.61 bits per heavy atom. The van der Waals surface area contributed by atoms with Crippen LogP contribution in [0.3, 0.4) is 0 Å². The monoisotopic (exact) mass is 525 g/mol. The number of ether oxygens (including phenoxy) is 1. The van der Waals surface area contributed by atoms with E-state index in [1.807, 2.05) is 18.2 Å². The van der Waals surface area contributed by atoms with Gasteiger partial charge in [0, 0.05) is 18.5 Å². The van der Waals surface area contributed by atoms with Crippen LogP contribution in [0.15, 0.2) is 48.0 Å². The van der Waals surface area contributed by atoms with Crippen molar-refractivity contribution in [2.45, 2.75) is 19.5 Å². The third kappa shape index (κ3) is 5.61. The van der Waals surface area contributed by atoms with Gasteiger partial charge in [-0.25, -0.2) is 4.79 Å². The van der Waals surface area contributed by atoms with E-state index in [-0.39, 0.29) is 23.2 Å². The Morgan fingerprint density at radius 2 is 1.86 bits per heavy atom. The molecule has 0 bridgehead atoms. The molecule has 0 aliphatic rings. The number of thiophene rings is 2. The molecule has 1 aromatic carbocycles. The van der Waals surface area contributed by atoms with Gasteiger partial charge in [-0.1, -0.05) is 18.2 Å². The SMILES string of the molecule is COC(=O)C(CNC(=O)c1cccs1)NC(=O)c1sc(C(=O)NCc2cccc3[nH]ncc23)cc1C. The first kappa shape index (κ1) is 25.1. The fraction of sp³-hybridized carbons (Fsp3) is 0.208. The first-order valence-electron chi connectivity index (χ1n) is 10.9. The number of fused-ring (bicyclic) bond motifs is 1. The van der Waals surface area contributed by atoms with Gasteiger partial charge in [-0.15, -0.1) is 22.7 Å². The molecule has 3 aromatic heterocycles. The highest BCUT2D eigenvalue weighted by molar-refractivity contribution is 7.16. The largest absolute Gasteiger partial charge is 0.467 e. The molecule has 12 heteroatoms. The van der Waals surface area contributed by atoms with Gasteiger partial charge in [0.1, 0.15) is 6.04 Å². The molecule has 36 heavy (non-hydrogen) atoms. The Balaban J connectivity index is 1.40. The number of rotatable bonds is 9. The first-order valence-corrected chi connectivity index (χ1v) is 12.6. The summed E-state index contributed by atoms with van der Waals surface area (Å²) in [4.78, 5) is 51.3. The lowest BCUT2D eigenvalue weighted by Gasteiger charge is -2.16. The molecule has 3 amide bonds. The molecule has 0 saturated heterocycles. The van der Waals surface area contributed by atoms with Gasteiger partial charge >= 0.3 is 5.97 Å². The van der Waals surface area contributed by atoms with Crippen molar-refractivity contribution in [2.75, 3.05) is 13.7 Å². The molecule has 4 rings (SSSR count). The number of carbonyl (C=O) groups excluding carboxylic acids is 4. The van der Waals surface area contributed by atoms with Crippen LogP contribution in [0.5, 0.6) is 0 Å². The number of nitrogens with one attached hydrogen (secondary N) is 4. The number of aromatic amines is 1. The molecule has 1 atom stereocenters. The van der Waals surface area contributed by atoms with E-state index in [1.165, 1.54) is 18.4 Å². The van der Waals surface area contributed by atoms with Crippen LogP contribution in [0.4, 0.5) is 0 Å². The van der Waals surface area contributed by atoms with Gasteiger partial charge in [0.05, 0.1) is 33.5 Å². The lowest BCUT2D eigenvalue weighted by molar-refractivity contribution is -0.142. The molecule has 0 radical (unpaired) electrons. The average molecular weight is 526 g/mol. The summed E-state index contributed by atoms with van der Waals surface area (Å²) in [6.07, 6.45) is 1.70. The summed E-state index contributed by atoms with van der Waals surface area (Å²) in [5.41, 5.74) is 2.37. The summed E-state index contributed by atoms with van der Waals surface area (Å²) in [7, 11) is 1.20. The van der Waals surface area contributed by atoms with Gasteiger partial charge in [0.25, 0.3) is 17.7 Å². The predicted molar refractivity (Wildman–Crippen MR) is 136 cm³/mol. The minimum atomic E-state index is -1.10. The van der Waals surface area contributed by atoms with Crippen molar-refractivity contribution in [2.24, 2.45) is 0 Å². The Kier molecular flexibility index (Phi) is 7.76. The Labute approximate surface area is 214 Å². The molecule has 3 heterocycles. The third-order valence-corrected chi connectivity index (χ3v) is 7.47.